The molecule has 0 fully saturated rings. The van der Waals surface area contributed by atoms with E-state index in [-0.39, 0.29) is 25.2 Å². The molecule has 0 radical (unpaired) electrons. The number of hydrogen-bond donors (Lipinski definition) is 2. The summed E-state index contributed by atoms with van der Waals surface area (Å²) in [5, 5.41) is 11.1. The van der Waals surface area contributed by atoms with Crippen molar-refractivity contribution >= 4 is 17.6 Å². The van der Waals surface area contributed by atoms with Crippen LogP contribution in [-0.2, 0) is 9.59 Å². The number of nitrogens with one attached hydrogen (secondary N) is 1. The molecule has 0 heterocycles. The van der Waals surface area contributed by atoms with Gasteiger partial charge in [0.05, 0.1) is 18.7 Å². The van der Waals surface area contributed by atoms with Crippen LogP contribution in [0.5, 0.6) is 0 Å². The number of anilines is 1. The number of amides is 1. The molecule has 1 rings (SSSR count). The lowest BCUT2D eigenvalue weighted by atomic mass is 10.3. The fraction of sp³-hybridized carbons (Fsp3) is 0.286. The van der Waals surface area contributed by atoms with Crippen molar-refractivity contribution in [1.82, 2.24) is 4.90 Å². The Balaban J connectivity index is 2.55. The molecule has 0 aromatic heterocycles. The van der Waals surface area contributed by atoms with Gasteiger partial charge in [0.15, 0.2) is 0 Å². The van der Waals surface area contributed by atoms with E-state index in [1.807, 2.05) is 0 Å². The zero-order valence-electron chi connectivity index (χ0n) is 11.0. The Morgan fingerprint density at radius 2 is 2.10 bits per heavy atom. The van der Waals surface area contributed by atoms with Crippen LogP contribution in [0.1, 0.15) is 6.42 Å². The van der Waals surface area contributed by atoms with E-state index in [1.165, 1.54) is 18.2 Å². The fourth-order valence-electron chi connectivity index (χ4n) is 1.63. The molecule has 0 aliphatic heterocycles. The quantitative estimate of drug-likeness (QED) is 0.711. The molecule has 20 heavy (non-hydrogen) atoms. The number of hydrogen-bond acceptors (Lipinski definition) is 3. The molecule has 5 nitrogen and oxygen atoms in total. The van der Waals surface area contributed by atoms with Gasteiger partial charge in [-0.25, -0.2) is 4.39 Å². The number of halogens is 1. The summed E-state index contributed by atoms with van der Waals surface area (Å²) < 4.78 is 13.4. The Hall–Kier alpha value is -2.21. The van der Waals surface area contributed by atoms with Crippen LogP contribution in [-0.4, -0.2) is 41.5 Å². The van der Waals surface area contributed by atoms with Crippen LogP contribution in [0.25, 0.3) is 0 Å². The molecule has 1 aromatic rings. The van der Waals surface area contributed by atoms with Crippen LogP contribution in [0.3, 0.4) is 0 Å². The van der Waals surface area contributed by atoms with Gasteiger partial charge in [0, 0.05) is 13.1 Å². The second-order valence-electron chi connectivity index (χ2n) is 4.20. The van der Waals surface area contributed by atoms with Crippen LogP contribution in [0, 0.1) is 5.82 Å². The summed E-state index contributed by atoms with van der Waals surface area (Å²) in [4.78, 5) is 23.9. The van der Waals surface area contributed by atoms with E-state index in [1.54, 1.807) is 17.0 Å². The van der Waals surface area contributed by atoms with Crippen molar-refractivity contribution in [2.45, 2.75) is 6.42 Å². The Labute approximate surface area is 116 Å². The molecule has 0 saturated heterocycles. The number of nitrogens with zero attached hydrogens (tertiary/aromatic N) is 1. The maximum Gasteiger partial charge on any atom is 0.304 e. The monoisotopic (exact) mass is 280 g/mol. The molecule has 1 aromatic carbocycles. The van der Waals surface area contributed by atoms with Gasteiger partial charge in [-0.15, -0.1) is 6.58 Å². The zero-order valence-corrected chi connectivity index (χ0v) is 11.0. The van der Waals surface area contributed by atoms with Gasteiger partial charge in [0.2, 0.25) is 5.91 Å². The van der Waals surface area contributed by atoms with Crippen molar-refractivity contribution in [2.75, 3.05) is 25.0 Å². The van der Waals surface area contributed by atoms with Gasteiger partial charge < -0.3 is 10.4 Å². The van der Waals surface area contributed by atoms with Crippen LogP contribution in [0.4, 0.5) is 10.1 Å². The highest BCUT2D eigenvalue weighted by Crippen LogP contribution is 2.12. The second kappa shape index (κ2) is 8.06. The van der Waals surface area contributed by atoms with Crippen molar-refractivity contribution in [1.29, 1.82) is 0 Å². The average molecular weight is 280 g/mol. The number of para-hydroxylation sites is 1. The van der Waals surface area contributed by atoms with E-state index in [9.17, 15) is 14.0 Å². The molecule has 0 spiro atoms. The van der Waals surface area contributed by atoms with E-state index in [4.69, 9.17) is 5.11 Å². The molecule has 2 N–H and O–H groups in total. The van der Waals surface area contributed by atoms with Crippen molar-refractivity contribution in [3.05, 3.63) is 42.7 Å². The summed E-state index contributed by atoms with van der Waals surface area (Å²) in [6, 6.07) is 5.86. The standard InChI is InChI=1S/C14H17FN2O3/c1-2-8-17(9-7-14(19)20)10-13(18)16-12-6-4-3-5-11(12)15/h2-6H,1,7-10H2,(H,16,18)(H,19,20). The van der Waals surface area contributed by atoms with Crippen molar-refractivity contribution < 1.29 is 19.1 Å². The maximum atomic E-state index is 13.4. The molecule has 0 saturated carbocycles. The highest BCUT2D eigenvalue weighted by atomic mass is 19.1. The third kappa shape index (κ3) is 5.62. The van der Waals surface area contributed by atoms with Crippen molar-refractivity contribution in [3.8, 4) is 0 Å². The fourth-order valence-corrected chi connectivity index (χ4v) is 1.63. The van der Waals surface area contributed by atoms with Crippen molar-refractivity contribution in [3.63, 3.8) is 0 Å². The van der Waals surface area contributed by atoms with Gasteiger partial charge in [-0.05, 0) is 12.1 Å². The van der Waals surface area contributed by atoms with E-state index in [2.05, 4.69) is 11.9 Å². The predicted molar refractivity (Wildman–Crippen MR) is 73.9 cm³/mol. The summed E-state index contributed by atoms with van der Waals surface area (Å²) >= 11 is 0. The van der Waals surface area contributed by atoms with Gasteiger partial charge in [-0.3, -0.25) is 14.5 Å². The molecule has 6 heteroatoms. The summed E-state index contributed by atoms with van der Waals surface area (Å²) in [6.07, 6.45) is 1.51. The number of aliphatic carboxylic acids is 1. The number of carbonyl (C=O) groups excluding carboxylic acids is 1. The zero-order chi connectivity index (χ0) is 15.0. The summed E-state index contributed by atoms with van der Waals surface area (Å²) in [6.45, 7) is 4.15. The van der Waals surface area contributed by atoms with Crippen LogP contribution in [0.2, 0.25) is 0 Å². The van der Waals surface area contributed by atoms with Gasteiger partial charge in [-0.1, -0.05) is 18.2 Å². The Morgan fingerprint density at radius 1 is 1.40 bits per heavy atom. The Kier molecular flexibility index (Phi) is 6.39. The molecule has 0 aliphatic rings. The Bertz CT molecular complexity index is 491. The minimum Gasteiger partial charge on any atom is -0.481 e. The van der Waals surface area contributed by atoms with E-state index < -0.39 is 17.7 Å². The SMILES string of the molecule is C=CCN(CCC(=O)O)CC(=O)Nc1ccccc1F. The Morgan fingerprint density at radius 3 is 2.70 bits per heavy atom. The van der Waals surface area contributed by atoms with E-state index >= 15 is 0 Å². The molecular weight excluding hydrogens is 263 g/mol. The molecule has 108 valence electrons. The molecular formula is C14H17FN2O3. The lowest BCUT2D eigenvalue weighted by Crippen LogP contribution is -2.35. The van der Waals surface area contributed by atoms with Gasteiger partial charge >= 0.3 is 5.97 Å². The maximum absolute atomic E-state index is 13.4. The molecule has 0 bridgehead atoms. The van der Waals surface area contributed by atoms with Gasteiger partial charge in [-0.2, -0.15) is 0 Å². The molecule has 0 unspecified atom stereocenters. The second-order valence-corrected chi connectivity index (χ2v) is 4.20. The van der Waals surface area contributed by atoms with E-state index in [0.717, 1.165) is 0 Å². The van der Waals surface area contributed by atoms with Crippen molar-refractivity contribution in [2.24, 2.45) is 0 Å². The largest absolute Gasteiger partial charge is 0.481 e. The van der Waals surface area contributed by atoms with Crippen LogP contribution in [0.15, 0.2) is 36.9 Å². The molecule has 0 aliphatic carbocycles. The topological polar surface area (TPSA) is 69.6 Å². The smallest absolute Gasteiger partial charge is 0.304 e. The lowest BCUT2D eigenvalue weighted by molar-refractivity contribution is -0.137. The summed E-state index contributed by atoms with van der Waals surface area (Å²) in [7, 11) is 0. The minimum atomic E-state index is -0.937. The number of carboxylic acid groups (broad SMARTS) is 1. The highest BCUT2D eigenvalue weighted by Gasteiger charge is 2.12. The van der Waals surface area contributed by atoms with Gasteiger partial charge in [0.1, 0.15) is 5.82 Å². The molecule has 0 atom stereocenters. The highest BCUT2D eigenvalue weighted by molar-refractivity contribution is 5.92. The van der Waals surface area contributed by atoms with Crippen LogP contribution >= 0.6 is 0 Å². The van der Waals surface area contributed by atoms with E-state index in [0.29, 0.717) is 6.54 Å². The van der Waals surface area contributed by atoms with Gasteiger partial charge in [0.25, 0.3) is 0 Å². The lowest BCUT2D eigenvalue weighted by Gasteiger charge is -2.19. The first-order valence-electron chi connectivity index (χ1n) is 6.12. The normalized spacial score (nSPS) is 10.3. The minimum absolute atomic E-state index is 0.0202. The predicted octanol–water partition coefficient (Wildman–Crippen LogP) is 1.73. The number of carboxylic acids is 1. The van der Waals surface area contributed by atoms with Crippen LogP contribution < -0.4 is 5.32 Å². The number of benzene rings is 1. The summed E-state index contributed by atoms with van der Waals surface area (Å²) in [5.74, 6) is -1.85. The first-order chi connectivity index (χ1) is 9.52. The third-order valence-electron chi connectivity index (χ3n) is 2.54. The first-order valence-corrected chi connectivity index (χ1v) is 6.12. The first kappa shape index (κ1) is 15.8. The average Bonchev–Trinajstić information content (AvgIpc) is 2.39. The summed E-state index contributed by atoms with van der Waals surface area (Å²) in [5.41, 5.74) is 0.106. The third-order valence-corrected chi connectivity index (χ3v) is 2.54. The number of rotatable bonds is 8. The number of carbonyl (C=O) groups is 2. The molecule has 1 amide bonds.